The van der Waals surface area contributed by atoms with Crippen molar-refractivity contribution >= 4 is 11.8 Å². The zero-order valence-corrected chi connectivity index (χ0v) is 26.7. The molecule has 0 atom stereocenters. The zero-order valence-electron chi connectivity index (χ0n) is 26.7. The summed E-state index contributed by atoms with van der Waals surface area (Å²) in [5.74, 6) is -0.992. The molecule has 1 aromatic heterocycles. The van der Waals surface area contributed by atoms with E-state index in [2.05, 4.69) is 20.5 Å². The Labute approximate surface area is 278 Å². The Morgan fingerprint density at radius 1 is 0.917 bits per heavy atom. The van der Waals surface area contributed by atoms with Crippen molar-refractivity contribution in [3.63, 3.8) is 0 Å². The van der Waals surface area contributed by atoms with Crippen molar-refractivity contribution in [2.75, 3.05) is 26.3 Å². The van der Waals surface area contributed by atoms with Gasteiger partial charge in [0.2, 0.25) is 5.88 Å². The van der Waals surface area contributed by atoms with Crippen LogP contribution >= 0.6 is 0 Å². The Morgan fingerprint density at radius 3 is 2.35 bits per heavy atom. The molecule has 250 valence electrons. The summed E-state index contributed by atoms with van der Waals surface area (Å²) < 4.78 is 25.9. The molecule has 6 rings (SSSR count). The molecule has 3 aromatic carbocycles. The predicted octanol–water partition coefficient (Wildman–Crippen LogP) is 5.70. The van der Waals surface area contributed by atoms with Gasteiger partial charge in [0, 0.05) is 31.7 Å². The topological polar surface area (TPSA) is 133 Å². The number of aromatic hydroxyl groups is 2. The van der Waals surface area contributed by atoms with Crippen LogP contribution in [-0.2, 0) is 11.3 Å². The van der Waals surface area contributed by atoms with E-state index in [0.717, 1.165) is 47.6 Å². The van der Waals surface area contributed by atoms with Gasteiger partial charge in [0.25, 0.3) is 11.8 Å². The van der Waals surface area contributed by atoms with E-state index in [1.54, 1.807) is 30.3 Å². The summed E-state index contributed by atoms with van der Waals surface area (Å²) in [6, 6.07) is 18.3. The SMILES string of the molecule is Cc1ccc(O)c(C(=O)N[C@H]2CC[C@@H](NC(=O)c3cc(F)cnc3Oc3cccc(-c4ccc(O)cc4CN4CCOCC4)c3)CC2)c1. The molecule has 2 amide bonds. The monoisotopic (exact) mass is 654 g/mol. The Morgan fingerprint density at radius 2 is 1.62 bits per heavy atom. The summed E-state index contributed by atoms with van der Waals surface area (Å²) in [6.07, 6.45) is 3.49. The molecule has 1 aliphatic carbocycles. The van der Waals surface area contributed by atoms with Gasteiger partial charge in [-0.15, -0.1) is 0 Å². The van der Waals surface area contributed by atoms with E-state index in [4.69, 9.17) is 9.47 Å². The average molecular weight is 655 g/mol. The number of hydrogen-bond donors (Lipinski definition) is 4. The smallest absolute Gasteiger partial charge is 0.257 e. The number of nitrogens with zero attached hydrogens (tertiary/aromatic N) is 2. The molecule has 0 spiro atoms. The standard InChI is InChI=1S/C37H39FN4O6/c1-23-5-12-34(44)32(17-23)35(45)40-27-6-8-28(9-7-27)41-36(46)33-20-26(38)21-39-37(33)48-30-4-2-3-24(19-30)31-11-10-29(43)18-25(31)22-42-13-15-47-16-14-42/h2-5,10-12,17-21,27-28,43-44H,6-9,13-16,22H2,1H3,(H,40,45)(H,41,46)/t27-,28+. The summed E-state index contributed by atoms with van der Waals surface area (Å²) in [6.45, 7) is 5.43. The highest BCUT2D eigenvalue weighted by Crippen LogP contribution is 2.33. The molecule has 2 fully saturated rings. The molecule has 0 unspecified atom stereocenters. The molecule has 0 bridgehead atoms. The van der Waals surface area contributed by atoms with E-state index in [-0.39, 0.29) is 46.5 Å². The fourth-order valence-electron chi connectivity index (χ4n) is 6.24. The molecule has 2 aliphatic rings. The molecule has 1 saturated carbocycles. The lowest BCUT2D eigenvalue weighted by Gasteiger charge is -2.30. The fraction of sp³-hybridized carbons (Fsp3) is 0.324. The van der Waals surface area contributed by atoms with Crippen LogP contribution in [0.15, 0.2) is 72.9 Å². The maximum absolute atomic E-state index is 14.4. The Kier molecular flexibility index (Phi) is 10.2. The molecule has 2 heterocycles. The fourth-order valence-corrected chi connectivity index (χ4v) is 6.24. The zero-order chi connectivity index (χ0) is 33.6. The number of nitrogens with one attached hydrogen (secondary N) is 2. The third-order valence-corrected chi connectivity index (χ3v) is 8.80. The number of hydrogen-bond acceptors (Lipinski definition) is 8. The number of pyridine rings is 1. The van der Waals surface area contributed by atoms with Crippen LogP contribution in [0.4, 0.5) is 4.39 Å². The van der Waals surface area contributed by atoms with Crippen molar-refractivity contribution in [2.45, 2.75) is 51.2 Å². The van der Waals surface area contributed by atoms with E-state index in [0.29, 0.717) is 51.2 Å². The average Bonchev–Trinajstić information content (AvgIpc) is 3.08. The van der Waals surface area contributed by atoms with Gasteiger partial charge in [0.1, 0.15) is 28.6 Å². The predicted molar refractivity (Wildman–Crippen MR) is 178 cm³/mol. The first kappa shape index (κ1) is 32.9. The Hall–Kier alpha value is -5.00. The molecule has 1 aliphatic heterocycles. The van der Waals surface area contributed by atoms with Crippen LogP contribution in [0.5, 0.6) is 23.1 Å². The summed E-state index contributed by atoms with van der Waals surface area (Å²) in [7, 11) is 0. The van der Waals surface area contributed by atoms with E-state index >= 15 is 0 Å². The first-order chi connectivity index (χ1) is 23.2. The lowest BCUT2D eigenvalue weighted by atomic mass is 9.90. The van der Waals surface area contributed by atoms with Crippen LogP contribution in [0.2, 0.25) is 0 Å². The number of ether oxygens (including phenoxy) is 2. The van der Waals surface area contributed by atoms with Crippen molar-refractivity contribution < 1.29 is 33.7 Å². The lowest BCUT2D eigenvalue weighted by molar-refractivity contribution is 0.0342. The minimum atomic E-state index is -0.663. The van der Waals surface area contributed by atoms with E-state index in [1.807, 2.05) is 31.2 Å². The van der Waals surface area contributed by atoms with Crippen molar-refractivity contribution in [3.8, 4) is 34.3 Å². The molecule has 48 heavy (non-hydrogen) atoms. The molecule has 1 saturated heterocycles. The van der Waals surface area contributed by atoms with Crippen molar-refractivity contribution in [3.05, 3.63) is 101 Å². The normalized spacial score (nSPS) is 18.2. The number of amides is 2. The highest BCUT2D eigenvalue weighted by atomic mass is 19.1. The minimum Gasteiger partial charge on any atom is -0.508 e. The molecule has 10 nitrogen and oxygen atoms in total. The highest BCUT2D eigenvalue weighted by molar-refractivity contribution is 5.97. The second-order valence-corrected chi connectivity index (χ2v) is 12.4. The first-order valence-electron chi connectivity index (χ1n) is 16.2. The third kappa shape index (κ3) is 8.10. The van der Waals surface area contributed by atoms with Gasteiger partial charge in [0.05, 0.1) is 25.0 Å². The number of aryl methyl sites for hydroxylation is 1. The maximum atomic E-state index is 14.4. The van der Waals surface area contributed by atoms with E-state index < -0.39 is 11.7 Å². The first-order valence-corrected chi connectivity index (χ1v) is 16.2. The number of morpholine rings is 1. The highest BCUT2D eigenvalue weighted by Gasteiger charge is 2.27. The van der Waals surface area contributed by atoms with Gasteiger partial charge in [-0.2, -0.15) is 0 Å². The third-order valence-electron chi connectivity index (χ3n) is 8.80. The number of rotatable bonds is 9. The number of benzene rings is 3. The maximum Gasteiger partial charge on any atom is 0.257 e. The van der Waals surface area contributed by atoms with Gasteiger partial charge >= 0.3 is 0 Å². The quantitative estimate of drug-likeness (QED) is 0.181. The van der Waals surface area contributed by atoms with Crippen LogP contribution in [0.3, 0.4) is 0 Å². The van der Waals surface area contributed by atoms with Crippen molar-refractivity contribution in [2.24, 2.45) is 0 Å². The number of halogens is 1. The summed E-state index contributed by atoms with van der Waals surface area (Å²) in [5.41, 5.74) is 3.82. The van der Waals surface area contributed by atoms with Crippen LogP contribution in [0, 0.1) is 12.7 Å². The summed E-state index contributed by atoms with van der Waals surface area (Å²) in [4.78, 5) is 32.5. The molecule has 0 radical (unpaired) electrons. The number of carbonyl (C=O) groups excluding carboxylic acids is 2. The number of phenolic OH excluding ortho intramolecular Hbond substituents is 2. The van der Waals surface area contributed by atoms with Crippen LogP contribution in [0.25, 0.3) is 11.1 Å². The minimum absolute atomic E-state index is 0.0239. The van der Waals surface area contributed by atoms with E-state index in [1.165, 1.54) is 6.07 Å². The molecular formula is C37H39FN4O6. The van der Waals surface area contributed by atoms with E-state index in [9.17, 15) is 24.2 Å². The van der Waals surface area contributed by atoms with Crippen LogP contribution in [0.1, 0.15) is 57.5 Å². The van der Waals surface area contributed by atoms with Crippen LogP contribution in [-0.4, -0.2) is 70.3 Å². The molecule has 4 aromatic rings. The van der Waals surface area contributed by atoms with Gasteiger partial charge < -0.3 is 30.3 Å². The number of phenols is 2. The Bertz CT molecular complexity index is 1790. The van der Waals surface area contributed by atoms with Gasteiger partial charge in [-0.05, 0) is 91.8 Å². The van der Waals surface area contributed by atoms with Gasteiger partial charge in [-0.3, -0.25) is 14.5 Å². The van der Waals surface area contributed by atoms with Crippen molar-refractivity contribution in [1.82, 2.24) is 20.5 Å². The largest absolute Gasteiger partial charge is 0.508 e. The van der Waals surface area contributed by atoms with Gasteiger partial charge in [-0.25, -0.2) is 9.37 Å². The van der Waals surface area contributed by atoms with Crippen LogP contribution < -0.4 is 15.4 Å². The lowest BCUT2D eigenvalue weighted by Crippen LogP contribution is -2.44. The number of aromatic nitrogens is 1. The summed E-state index contributed by atoms with van der Waals surface area (Å²) in [5, 5.41) is 26.3. The van der Waals surface area contributed by atoms with Gasteiger partial charge in [-0.1, -0.05) is 29.8 Å². The molecule has 11 heteroatoms. The second-order valence-electron chi connectivity index (χ2n) is 12.4. The molecule has 4 N–H and O–H groups in total. The molecular weight excluding hydrogens is 615 g/mol. The summed E-state index contributed by atoms with van der Waals surface area (Å²) >= 11 is 0. The number of carbonyl (C=O) groups is 2. The van der Waals surface area contributed by atoms with Crippen molar-refractivity contribution in [1.29, 1.82) is 0 Å². The second kappa shape index (κ2) is 14.8. The Balaban J connectivity index is 1.11. The van der Waals surface area contributed by atoms with Gasteiger partial charge in [0.15, 0.2) is 0 Å².